The van der Waals surface area contributed by atoms with Crippen molar-refractivity contribution in [3.05, 3.63) is 41.6 Å². The minimum atomic E-state index is -0.852. The summed E-state index contributed by atoms with van der Waals surface area (Å²) in [6.45, 7) is 5.95. The van der Waals surface area contributed by atoms with E-state index < -0.39 is 6.10 Å². The number of rotatable bonds is 5. The molecule has 2 rings (SSSR count). The van der Waals surface area contributed by atoms with Gasteiger partial charge in [0.2, 0.25) is 0 Å². The van der Waals surface area contributed by atoms with E-state index in [2.05, 4.69) is 10.4 Å². The van der Waals surface area contributed by atoms with Crippen molar-refractivity contribution in [1.82, 2.24) is 15.1 Å². The van der Waals surface area contributed by atoms with Crippen LogP contribution >= 0.6 is 0 Å². The van der Waals surface area contributed by atoms with E-state index in [1.165, 1.54) is 6.26 Å². The highest BCUT2D eigenvalue weighted by Gasteiger charge is 2.17. The van der Waals surface area contributed by atoms with Crippen LogP contribution in [0.2, 0.25) is 0 Å². The average molecular weight is 277 g/mol. The summed E-state index contributed by atoms with van der Waals surface area (Å²) in [5.41, 5.74) is 1.33. The Bertz CT molecular complexity index is 573. The van der Waals surface area contributed by atoms with Crippen LogP contribution in [0.25, 0.3) is 0 Å². The van der Waals surface area contributed by atoms with Crippen molar-refractivity contribution in [3.63, 3.8) is 0 Å². The van der Waals surface area contributed by atoms with E-state index in [-0.39, 0.29) is 18.5 Å². The molecule has 6 heteroatoms. The summed E-state index contributed by atoms with van der Waals surface area (Å²) < 4.78 is 6.86. The van der Waals surface area contributed by atoms with Gasteiger partial charge in [0, 0.05) is 11.7 Å². The standard InChI is InChI=1S/C14H19N3O3/c1-9(2)17-10(3)11(7-16-17)14(19)15-8-12(18)13-5-4-6-20-13/h4-7,9,12,18H,8H2,1-3H3,(H,15,19). The van der Waals surface area contributed by atoms with Gasteiger partial charge in [-0.05, 0) is 32.9 Å². The number of hydrogen-bond acceptors (Lipinski definition) is 4. The number of furan rings is 1. The molecular formula is C14H19N3O3. The molecule has 0 aliphatic heterocycles. The Hall–Kier alpha value is -2.08. The predicted octanol–water partition coefficient (Wildman–Crippen LogP) is 1.83. The summed E-state index contributed by atoms with van der Waals surface area (Å²) >= 11 is 0. The molecule has 0 aliphatic rings. The van der Waals surface area contributed by atoms with Gasteiger partial charge in [-0.25, -0.2) is 0 Å². The van der Waals surface area contributed by atoms with Crippen molar-refractivity contribution in [2.45, 2.75) is 32.9 Å². The molecule has 2 N–H and O–H groups in total. The van der Waals surface area contributed by atoms with E-state index in [9.17, 15) is 9.90 Å². The van der Waals surface area contributed by atoms with Gasteiger partial charge >= 0.3 is 0 Å². The van der Waals surface area contributed by atoms with Gasteiger partial charge in [0.05, 0.1) is 24.6 Å². The highest BCUT2D eigenvalue weighted by molar-refractivity contribution is 5.95. The van der Waals surface area contributed by atoms with Crippen molar-refractivity contribution in [2.24, 2.45) is 0 Å². The lowest BCUT2D eigenvalue weighted by Gasteiger charge is -2.10. The Labute approximate surface area is 117 Å². The normalized spacial score (nSPS) is 12.7. The molecule has 0 fully saturated rings. The Kier molecular flexibility index (Phi) is 4.24. The summed E-state index contributed by atoms with van der Waals surface area (Å²) in [5.74, 6) is 0.180. The fraction of sp³-hybridized carbons (Fsp3) is 0.429. The van der Waals surface area contributed by atoms with E-state index in [1.807, 2.05) is 20.8 Å². The zero-order valence-corrected chi connectivity index (χ0v) is 11.8. The highest BCUT2D eigenvalue weighted by atomic mass is 16.4. The monoisotopic (exact) mass is 277 g/mol. The highest BCUT2D eigenvalue weighted by Crippen LogP contribution is 2.14. The van der Waals surface area contributed by atoms with Gasteiger partial charge in [-0.1, -0.05) is 0 Å². The number of nitrogens with zero attached hydrogens (tertiary/aromatic N) is 2. The van der Waals surface area contributed by atoms with E-state index in [0.29, 0.717) is 11.3 Å². The largest absolute Gasteiger partial charge is 0.467 e. The number of nitrogens with one attached hydrogen (secondary N) is 1. The third kappa shape index (κ3) is 2.91. The molecule has 0 saturated carbocycles. The van der Waals surface area contributed by atoms with Gasteiger partial charge in [0.25, 0.3) is 5.91 Å². The molecule has 20 heavy (non-hydrogen) atoms. The summed E-state index contributed by atoms with van der Waals surface area (Å²) in [7, 11) is 0. The van der Waals surface area contributed by atoms with Crippen LogP contribution in [-0.4, -0.2) is 27.3 Å². The fourth-order valence-electron chi connectivity index (χ4n) is 2.03. The SMILES string of the molecule is Cc1c(C(=O)NCC(O)c2ccco2)cnn1C(C)C. The van der Waals surface area contributed by atoms with Crippen LogP contribution in [-0.2, 0) is 0 Å². The number of amides is 1. The molecule has 0 bridgehead atoms. The zero-order valence-electron chi connectivity index (χ0n) is 11.8. The second kappa shape index (κ2) is 5.92. The van der Waals surface area contributed by atoms with E-state index >= 15 is 0 Å². The van der Waals surface area contributed by atoms with Crippen molar-refractivity contribution in [3.8, 4) is 0 Å². The number of aromatic nitrogens is 2. The molecule has 0 aliphatic carbocycles. The lowest BCUT2D eigenvalue weighted by molar-refractivity contribution is 0.0900. The maximum Gasteiger partial charge on any atom is 0.254 e. The first kappa shape index (κ1) is 14.3. The van der Waals surface area contributed by atoms with E-state index in [0.717, 1.165) is 5.69 Å². The first-order valence-electron chi connectivity index (χ1n) is 6.54. The van der Waals surface area contributed by atoms with Gasteiger partial charge in [-0.2, -0.15) is 5.10 Å². The minimum absolute atomic E-state index is 0.0959. The number of aliphatic hydroxyl groups excluding tert-OH is 1. The number of carbonyl (C=O) groups is 1. The molecule has 0 spiro atoms. The third-order valence-electron chi connectivity index (χ3n) is 3.11. The zero-order chi connectivity index (χ0) is 14.7. The maximum absolute atomic E-state index is 12.1. The Morgan fingerprint density at radius 3 is 2.85 bits per heavy atom. The number of aliphatic hydroxyl groups is 1. The van der Waals surface area contributed by atoms with Gasteiger partial charge in [0.1, 0.15) is 11.9 Å². The average Bonchev–Trinajstić information content (AvgIpc) is 3.04. The molecule has 0 saturated heterocycles. The first-order chi connectivity index (χ1) is 9.50. The molecule has 0 aromatic carbocycles. The molecule has 1 unspecified atom stereocenters. The fourth-order valence-corrected chi connectivity index (χ4v) is 2.03. The summed E-state index contributed by atoms with van der Waals surface area (Å²) in [6, 6.07) is 3.56. The Morgan fingerprint density at radius 1 is 1.55 bits per heavy atom. The molecule has 2 aromatic rings. The topological polar surface area (TPSA) is 80.3 Å². The Balaban J connectivity index is 1.99. The second-order valence-corrected chi connectivity index (χ2v) is 4.92. The van der Waals surface area contributed by atoms with Gasteiger partial charge < -0.3 is 14.8 Å². The van der Waals surface area contributed by atoms with Crippen molar-refractivity contribution >= 4 is 5.91 Å². The van der Waals surface area contributed by atoms with Crippen LogP contribution < -0.4 is 5.32 Å². The maximum atomic E-state index is 12.1. The lowest BCUT2D eigenvalue weighted by Crippen LogP contribution is -2.28. The molecule has 108 valence electrons. The molecule has 6 nitrogen and oxygen atoms in total. The van der Waals surface area contributed by atoms with Crippen LogP contribution in [0.15, 0.2) is 29.0 Å². The molecule has 2 heterocycles. The first-order valence-corrected chi connectivity index (χ1v) is 6.54. The molecule has 0 radical (unpaired) electrons. The third-order valence-corrected chi connectivity index (χ3v) is 3.11. The second-order valence-electron chi connectivity index (χ2n) is 4.92. The van der Waals surface area contributed by atoms with E-state index in [1.54, 1.807) is 23.0 Å². The van der Waals surface area contributed by atoms with Crippen molar-refractivity contribution < 1.29 is 14.3 Å². The lowest BCUT2D eigenvalue weighted by atomic mass is 10.2. The Morgan fingerprint density at radius 2 is 2.30 bits per heavy atom. The summed E-state index contributed by atoms with van der Waals surface area (Å²) in [5, 5.41) is 16.7. The molecule has 2 aromatic heterocycles. The molecule has 1 atom stereocenters. The van der Waals surface area contributed by atoms with Crippen LogP contribution in [0.3, 0.4) is 0 Å². The van der Waals surface area contributed by atoms with E-state index in [4.69, 9.17) is 4.42 Å². The number of hydrogen-bond donors (Lipinski definition) is 2. The summed E-state index contributed by atoms with van der Waals surface area (Å²) in [6.07, 6.45) is 2.18. The quantitative estimate of drug-likeness (QED) is 0.873. The minimum Gasteiger partial charge on any atom is -0.467 e. The van der Waals surface area contributed by atoms with Crippen LogP contribution in [0, 0.1) is 6.92 Å². The summed E-state index contributed by atoms with van der Waals surface area (Å²) in [4.78, 5) is 12.1. The van der Waals surface area contributed by atoms with Crippen molar-refractivity contribution in [2.75, 3.05) is 6.54 Å². The van der Waals surface area contributed by atoms with Crippen LogP contribution in [0.4, 0.5) is 0 Å². The van der Waals surface area contributed by atoms with Gasteiger partial charge in [0.15, 0.2) is 0 Å². The van der Waals surface area contributed by atoms with Gasteiger partial charge in [-0.3, -0.25) is 9.48 Å². The molecular weight excluding hydrogens is 258 g/mol. The number of carbonyl (C=O) groups excluding carboxylic acids is 1. The van der Waals surface area contributed by atoms with Gasteiger partial charge in [-0.15, -0.1) is 0 Å². The molecule has 1 amide bonds. The smallest absolute Gasteiger partial charge is 0.254 e. The van der Waals surface area contributed by atoms with Crippen molar-refractivity contribution in [1.29, 1.82) is 0 Å². The predicted molar refractivity (Wildman–Crippen MR) is 73.4 cm³/mol. The van der Waals surface area contributed by atoms with Crippen LogP contribution in [0.5, 0.6) is 0 Å². The van der Waals surface area contributed by atoms with Crippen LogP contribution in [0.1, 0.15) is 47.8 Å².